The van der Waals surface area contributed by atoms with Crippen molar-refractivity contribution in [1.29, 1.82) is 0 Å². The predicted molar refractivity (Wildman–Crippen MR) is 209 cm³/mol. The normalized spacial score (nSPS) is 11.7. The maximum Gasteiger partial charge on any atom is 0.137 e. The average Bonchev–Trinajstić information content (AvgIpc) is 3.63. The van der Waals surface area contributed by atoms with Gasteiger partial charge in [-0.25, -0.2) is 9.67 Å². The van der Waals surface area contributed by atoms with E-state index in [1.807, 2.05) is 6.20 Å². The molecule has 3 heterocycles. The minimum absolute atomic E-state index is 0.317. The molecule has 0 atom stereocenters. The van der Waals surface area contributed by atoms with Gasteiger partial charge in [0.1, 0.15) is 17.3 Å². The zero-order valence-corrected chi connectivity index (χ0v) is 30.5. The van der Waals surface area contributed by atoms with Crippen LogP contribution in [0.15, 0.2) is 97.2 Å². The Morgan fingerprint density at radius 1 is 0.700 bits per heavy atom. The molecule has 4 aromatic carbocycles. The minimum atomic E-state index is 0.317. The second kappa shape index (κ2) is 14.0. The zero-order chi connectivity index (χ0) is 34.9. The van der Waals surface area contributed by atoms with E-state index in [4.69, 9.17) is 14.8 Å². The number of hydrogen-bond acceptors (Lipinski definition) is 3. The van der Waals surface area contributed by atoms with Gasteiger partial charge in [0.15, 0.2) is 0 Å². The Morgan fingerprint density at radius 2 is 1.46 bits per heavy atom. The summed E-state index contributed by atoms with van der Waals surface area (Å²) in [5.74, 6) is 2.83. The van der Waals surface area contributed by atoms with Crippen molar-refractivity contribution in [3.8, 4) is 34.1 Å². The molecule has 0 aliphatic carbocycles. The number of fused-ring (bicyclic) bond motifs is 3. The lowest BCUT2D eigenvalue weighted by atomic mass is 9.91. The van der Waals surface area contributed by atoms with Crippen LogP contribution in [0, 0.1) is 13.8 Å². The van der Waals surface area contributed by atoms with Gasteiger partial charge in [0, 0.05) is 34.7 Å². The summed E-state index contributed by atoms with van der Waals surface area (Å²) in [6.07, 6.45) is 6.82. The van der Waals surface area contributed by atoms with Crippen LogP contribution in [0.25, 0.3) is 44.4 Å². The molecule has 7 rings (SSSR count). The van der Waals surface area contributed by atoms with Crippen LogP contribution in [-0.2, 0) is 19.3 Å². The molecule has 50 heavy (non-hydrogen) atoms. The standard InChI is InChI=1S/C45H48N4O/c1-8-14-39-45(44-30(6)16-13-17-31(44)7)41(15-9-2)49(47-39)34-25-33(29(4)5)26-36(27-34)50-35-20-21-38-37-18-11-12-19-40(37)48(42(38)28-35)43-24-32(10-3)22-23-46-43/h11-13,16-29H,8-10,14-15H2,1-7H3. The van der Waals surface area contributed by atoms with Crippen LogP contribution < -0.4 is 4.74 Å². The molecule has 0 radical (unpaired) electrons. The van der Waals surface area contributed by atoms with E-state index in [0.29, 0.717) is 5.92 Å². The van der Waals surface area contributed by atoms with E-state index in [1.165, 1.54) is 55.5 Å². The Bertz CT molecular complexity index is 2300. The number of rotatable bonds is 11. The molecule has 0 unspecified atom stereocenters. The third-order valence-electron chi connectivity index (χ3n) is 9.91. The number of hydrogen-bond donors (Lipinski definition) is 0. The zero-order valence-electron chi connectivity index (χ0n) is 30.5. The van der Waals surface area contributed by atoms with Crippen molar-refractivity contribution in [1.82, 2.24) is 19.3 Å². The van der Waals surface area contributed by atoms with E-state index >= 15 is 0 Å². The lowest BCUT2D eigenvalue weighted by Gasteiger charge is -2.16. The van der Waals surface area contributed by atoms with Crippen molar-refractivity contribution in [2.75, 3.05) is 0 Å². The molecule has 0 amide bonds. The molecule has 0 bridgehead atoms. The van der Waals surface area contributed by atoms with E-state index in [-0.39, 0.29) is 0 Å². The highest BCUT2D eigenvalue weighted by atomic mass is 16.5. The van der Waals surface area contributed by atoms with Crippen LogP contribution in [0.4, 0.5) is 0 Å². The summed E-state index contributed by atoms with van der Waals surface area (Å²) in [6.45, 7) is 15.6. The van der Waals surface area contributed by atoms with Crippen LogP contribution in [0.2, 0.25) is 0 Å². The summed E-state index contributed by atoms with van der Waals surface area (Å²) in [5.41, 5.74) is 13.4. The van der Waals surface area contributed by atoms with Crippen molar-refractivity contribution in [3.05, 3.63) is 131 Å². The van der Waals surface area contributed by atoms with Gasteiger partial charge in [0.2, 0.25) is 0 Å². The fourth-order valence-corrected chi connectivity index (χ4v) is 7.41. The highest BCUT2D eigenvalue weighted by Gasteiger charge is 2.23. The van der Waals surface area contributed by atoms with Crippen molar-refractivity contribution in [3.63, 3.8) is 0 Å². The molecule has 0 saturated carbocycles. The number of nitrogens with zero attached hydrogens (tertiary/aromatic N) is 4. The SMILES string of the molecule is CCCc1nn(-c2cc(Oc3ccc4c5ccccc5n(-c5cc(CC)ccn5)c4c3)cc(C(C)C)c2)c(CCC)c1-c1c(C)cccc1C. The number of pyridine rings is 1. The summed E-state index contributed by atoms with van der Waals surface area (Å²) in [4.78, 5) is 4.81. The molecule has 0 aliphatic rings. The van der Waals surface area contributed by atoms with E-state index in [2.05, 4.69) is 149 Å². The summed E-state index contributed by atoms with van der Waals surface area (Å²) in [7, 11) is 0. The van der Waals surface area contributed by atoms with Gasteiger partial charge >= 0.3 is 0 Å². The molecule has 7 aromatic rings. The molecule has 0 fully saturated rings. The van der Waals surface area contributed by atoms with E-state index in [0.717, 1.165) is 66.1 Å². The topological polar surface area (TPSA) is 44.9 Å². The van der Waals surface area contributed by atoms with Gasteiger partial charge in [-0.15, -0.1) is 0 Å². The first-order chi connectivity index (χ1) is 24.3. The number of aryl methyl sites for hydroxylation is 4. The van der Waals surface area contributed by atoms with Crippen LogP contribution >= 0.6 is 0 Å². The van der Waals surface area contributed by atoms with Gasteiger partial charge in [-0.05, 0) is 109 Å². The maximum atomic E-state index is 6.80. The lowest BCUT2D eigenvalue weighted by Crippen LogP contribution is -2.05. The largest absolute Gasteiger partial charge is 0.457 e. The van der Waals surface area contributed by atoms with E-state index < -0.39 is 0 Å². The molecule has 0 N–H and O–H groups in total. The first-order valence-corrected chi connectivity index (χ1v) is 18.3. The quantitative estimate of drug-likeness (QED) is 0.139. The summed E-state index contributed by atoms with van der Waals surface area (Å²) < 4.78 is 11.3. The van der Waals surface area contributed by atoms with Gasteiger partial charge in [0.05, 0.1) is 28.1 Å². The predicted octanol–water partition coefficient (Wildman–Crippen LogP) is 12.0. The lowest BCUT2D eigenvalue weighted by molar-refractivity contribution is 0.481. The molecule has 5 heteroatoms. The maximum absolute atomic E-state index is 6.80. The number of aromatic nitrogens is 4. The Hall–Kier alpha value is -5.16. The van der Waals surface area contributed by atoms with E-state index in [9.17, 15) is 0 Å². The molecule has 5 nitrogen and oxygen atoms in total. The van der Waals surface area contributed by atoms with E-state index in [1.54, 1.807) is 0 Å². The highest BCUT2D eigenvalue weighted by Crippen LogP contribution is 2.39. The molecule has 0 saturated heterocycles. The highest BCUT2D eigenvalue weighted by molar-refractivity contribution is 6.09. The monoisotopic (exact) mass is 660 g/mol. The fraction of sp³-hybridized carbons (Fsp3) is 0.289. The van der Waals surface area contributed by atoms with Crippen LogP contribution in [-0.4, -0.2) is 19.3 Å². The van der Waals surface area contributed by atoms with Crippen molar-refractivity contribution < 1.29 is 4.74 Å². The minimum Gasteiger partial charge on any atom is -0.457 e. The molecular weight excluding hydrogens is 613 g/mol. The van der Waals surface area contributed by atoms with Gasteiger partial charge in [0.25, 0.3) is 0 Å². The van der Waals surface area contributed by atoms with Crippen LogP contribution in [0.3, 0.4) is 0 Å². The fourth-order valence-electron chi connectivity index (χ4n) is 7.41. The first kappa shape index (κ1) is 33.3. The Kier molecular flexibility index (Phi) is 9.33. The number of ether oxygens (including phenoxy) is 1. The third-order valence-corrected chi connectivity index (χ3v) is 9.91. The van der Waals surface area contributed by atoms with Gasteiger partial charge in [-0.3, -0.25) is 4.57 Å². The smallest absolute Gasteiger partial charge is 0.137 e. The molecule has 254 valence electrons. The Morgan fingerprint density at radius 3 is 2.20 bits per heavy atom. The second-order valence-corrected chi connectivity index (χ2v) is 13.9. The number of para-hydroxylation sites is 1. The Balaban J connectivity index is 1.37. The molecular formula is C45H48N4O. The van der Waals surface area contributed by atoms with Gasteiger partial charge in [-0.1, -0.05) is 83.9 Å². The summed E-state index contributed by atoms with van der Waals surface area (Å²) in [6, 6.07) is 32.5. The Labute approximate surface area is 296 Å². The second-order valence-electron chi connectivity index (χ2n) is 13.9. The molecule has 0 spiro atoms. The third kappa shape index (κ3) is 6.10. The summed E-state index contributed by atoms with van der Waals surface area (Å²) in [5, 5.41) is 7.75. The molecule has 3 aromatic heterocycles. The van der Waals surface area contributed by atoms with Crippen LogP contribution in [0.5, 0.6) is 11.5 Å². The van der Waals surface area contributed by atoms with Crippen LogP contribution in [0.1, 0.15) is 87.0 Å². The van der Waals surface area contributed by atoms with Gasteiger partial charge in [-0.2, -0.15) is 5.10 Å². The van der Waals surface area contributed by atoms with Crippen molar-refractivity contribution in [2.24, 2.45) is 0 Å². The van der Waals surface area contributed by atoms with Crippen molar-refractivity contribution >= 4 is 21.8 Å². The van der Waals surface area contributed by atoms with Gasteiger partial charge < -0.3 is 4.74 Å². The first-order valence-electron chi connectivity index (χ1n) is 18.3. The average molecular weight is 661 g/mol. The van der Waals surface area contributed by atoms with Crippen molar-refractivity contribution in [2.45, 2.75) is 86.5 Å². The molecule has 0 aliphatic heterocycles. The number of benzene rings is 4. The summed E-state index contributed by atoms with van der Waals surface area (Å²) >= 11 is 0.